The zero-order valence-corrected chi connectivity index (χ0v) is 19.0. The van der Waals surface area contributed by atoms with Gasteiger partial charge in [-0.05, 0) is 65.6 Å². The van der Waals surface area contributed by atoms with Crippen LogP contribution in [-0.4, -0.2) is 16.5 Å². The van der Waals surface area contributed by atoms with Crippen LogP contribution in [0.5, 0.6) is 0 Å². The predicted octanol–water partition coefficient (Wildman–Crippen LogP) is 4.69. The Labute approximate surface area is 179 Å². The monoisotopic (exact) mass is 432 g/mol. The molecular weight excluding hydrogens is 404 g/mol. The first-order valence-corrected chi connectivity index (χ1v) is 11.5. The topological polar surface area (TPSA) is 122 Å². The third-order valence-electron chi connectivity index (χ3n) is 4.11. The van der Waals surface area contributed by atoms with Crippen LogP contribution in [0.4, 0.5) is 10.5 Å². The zero-order valence-electron chi connectivity index (χ0n) is 17.4. The van der Waals surface area contributed by atoms with Gasteiger partial charge in [0.1, 0.15) is 11.0 Å². The van der Waals surface area contributed by atoms with Gasteiger partial charge in [-0.25, -0.2) is 14.1 Å². The quantitative estimate of drug-likeness (QED) is 0.593. The molecule has 29 heavy (non-hydrogen) atoms. The van der Waals surface area contributed by atoms with Gasteiger partial charge in [0.25, 0.3) is 0 Å². The third-order valence-corrected chi connectivity index (χ3v) is 5.59. The standard InChI is InChI=1S/C14H19N3O.C7H9NOS2/c1-8(2)11-5-10(7-15)6-12(9(3)4)13(11)17-14(16)18;1-10-6-2-4-7(5-3-6)11(8)9/h5-6,8-9H,1-4H3,(H3,16,17,18);2-5H,8H2,1H3. The van der Waals surface area contributed by atoms with Gasteiger partial charge in [-0.3, -0.25) is 0 Å². The lowest BCUT2D eigenvalue weighted by Gasteiger charge is -2.20. The van der Waals surface area contributed by atoms with Gasteiger partial charge in [0, 0.05) is 10.6 Å². The van der Waals surface area contributed by atoms with E-state index in [-0.39, 0.29) is 11.8 Å². The third kappa shape index (κ3) is 7.54. The van der Waals surface area contributed by atoms with Gasteiger partial charge in [-0.2, -0.15) is 5.26 Å². The fraction of sp³-hybridized carbons (Fsp3) is 0.333. The second-order valence-corrected chi connectivity index (χ2v) is 8.86. The largest absolute Gasteiger partial charge is 0.351 e. The number of nitrogens with one attached hydrogen (secondary N) is 1. The van der Waals surface area contributed by atoms with E-state index in [0.717, 1.165) is 21.7 Å². The van der Waals surface area contributed by atoms with E-state index < -0.39 is 17.0 Å². The number of rotatable bonds is 5. The number of anilines is 1. The molecule has 156 valence electrons. The Bertz CT molecular complexity index is 875. The summed E-state index contributed by atoms with van der Waals surface area (Å²) in [5, 5.41) is 16.9. The zero-order chi connectivity index (χ0) is 22.1. The van der Waals surface area contributed by atoms with Crippen molar-refractivity contribution in [2.24, 2.45) is 10.9 Å². The molecule has 8 heteroatoms. The van der Waals surface area contributed by atoms with Crippen LogP contribution in [0.15, 0.2) is 46.2 Å². The molecule has 0 aliphatic heterocycles. The van der Waals surface area contributed by atoms with Crippen LogP contribution in [0.2, 0.25) is 0 Å². The second-order valence-electron chi connectivity index (χ2n) is 6.91. The molecule has 0 spiro atoms. The molecule has 0 fully saturated rings. The molecule has 2 aromatic rings. The lowest BCUT2D eigenvalue weighted by molar-refractivity contribution is 0.259. The summed E-state index contributed by atoms with van der Waals surface area (Å²) in [6, 6.07) is 12.6. The number of amides is 2. The minimum Gasteiger partial charge on any atom is -0.351 e. The number of primary amides is 1. The number of urea groups is 1. The van der Waals surface area contributed by atoms with Crippen molar-refractivity contribution in [3.05, 3.63) is 53.1 Å². The number of carbonyl (C=O) groups is 1. The van der Waals surface area contributed by atoms with Gasteiger partial charge in [0.15, 0.2) is 0 Å². The van der Waals surface area contributed by atoms with E-state index in [1.165, 1.54) is 0 Å². The van der Waals surface area contributed by atoms with Crippen molar-refractivity contribution in [3.63, 3.8) is 0 Å². The van der Waals surface area contributed by atoms with Crippen molar-refractivity contribution in [1.29, 1.82) is 5.26 Å². The van der Waals surface area contributed by atoms with Gasteiger partial charge in [-0.15, -0.1) is 11.8 Å². The van der Waals surface area contributed by atoms with Gasteiger partial charge < -0.3 is 11.1 Å². The summed E-state index contributed by atoms with van der Waals surface area (Å²) >= 11 is 1.65. The number of nitrogens with two attached hydrogens (primary N) is 2. The maximum atomic E-state index is 11.1. The van der Waals surface area contributed by atoms with E-state index in [4.69, 9.17) is 16.1 Å². The molecule has 2 amide bonds. The Morgan fingerprint density at radius 2 is 1.59 bits per heavy atom. The molecule has 0 saturated carbocycles. The fourth-order valence-corrected chi connectivity index (χ4v) is 3.45. The number of benzene rings is 2. The normalized spacial score (nSPS) is 11.4. The fourth-order valence-electron chi connectivity index (χ4n) is 2.64. The highest BCUT2D eigenvalue weighted by atomic mass is 32.2. The van der Waals surface area contributed by atoms with E-state index in [0.29, 0.717) is 10.5 Å². The molecule has 1 atom stereocenters. The number of nitriles is 1. The van der Waals surface area contributed by atoms with Gasteiger partial charge in [0.2, 0.25) is 0 Å². The number of nitrogens with zero attached hydrogens (tertiary/aromatic N) is 1. The number of hydrogen-bond donors (Lipinski definition) is 3. The van der Waals surface area contributed by atoms with Crippen molar-refractivity contribution in [2.45, 2.75) is 49.3 Å². The van der Waals surface area contributed by atoms with Gasteiger partial charge in [-0.1, -0.05) is 27.7 Å². The van der Waals surface area contributed by atoms with Crippen LogP contribution in [0.25, 0.3) is 0 Å². The maximum Gasteiger partial charge on any atom is 0.316 e. The van der Waals surface area contributed by atoms with Crippen LogP contribution in [0.1, 0.15) is 56.2 Å². The molecule has 0 aromatic heterocycles. The minimum atomic E-state index is -1.35. The van der Waals surface area contributed by atoms with Gasteiger partial charge in [0.05, 0.1) is 16.5 Å². The highest BCUT2D eigenvalue weighted by Gasteiger charge is 2.16. The molecule has 1 unspecified atom stereocenters. The SMILES string of the molecule is CC(C)c1cc(C#N)cc(C(C)C)c1NC(N)=O.CSc1ccc(S(N)=O)cc1. The van der Waals surface area contributed by atoms with Crippen molar-refractivity contribution in [1.82, 2.24) is 0 Å². The van der Waals surface area contributed by atoms with Crippen LogP contribution < -0.4 is 16.2 Å². The molecule has 0 aliphatic carbocycles. The Balaban J connectivity index is 0.000000326. The molecular formula is C21H28N4O2S2. The summed E-state index contributed by atoms with van der Waals surface area (Å²) in [6.07, 6.45) is 1.99. The summed E-state index contributed by atoms with van der Waals surface area (Å²) < 4.78 is 10.7. The molecule has 0 saturated heterocycles. The molecule has 0 aliphatic rings. The predicted molar refractivity (Wildman–Crippen MR) is 121 cm³/mol. The first-order chi connectivity index (χ1) is 13.6. The first-order valence-electron chi connectivity index (χ1n) is 9.05. The lowest BCUT2D eigenvalue weighted by atomic mass is 9.90. The molecule has 0 radical (unpaired) electrons. The van der Waals surface area contributed by atoms with E-state index in [1.807, 2.05) is 58.2 Å². The summed E-state index contributed by atoms with van der Waals surface area (Å²) in [6.45, 7) is 8.08. The van der Waals surface area contributed by atoms with Crippen molar-refractivity contribution in [3.8, 4) is 6.07 Å². The minimum absolute atomic E-state index is 0.206. The maximum absolute atomic E-state index is 11.1. The lowest BCUT2D eigenvalue weighted by Crippen LogP contribution is -2.22. The second kappa shape index (κ2) is 11.6. The number of carbonyl (C=O) groups excluding carboxylic acids is 1. The van der Waals surface area contributed by atoms with Crippen molar-refractivity contribution >= 4 is 34.5 Å². The Kier molecular flexibility index (Phi) is 9.89. The Hall–Kier alpha value is -2.34. The summed E-state index contributed by atoms with van der Waals surface area (Å²) in [5.41, 5.74) is 8.45. The van der Waals surface area contributed by atoms with E-state index in [1.54, 1.807) is 23.9 Å². The molecule has 5 N–H and O–H groups in total. The van der Waals surface area contributed by atoms with Crippen molar-refractivity contribution < 1.29 is 9.00 Å². The highest BCUT2D eigenvalue weighted by Crippen LogP contribution is 2.33. The number of thioether (sulfide) groups is 1. The average Bonchev–Trinajstić information content (AvgIpc) is 2.67. The van der Waals surface area contributed by atoms with Gasteiger partial charge >= 0.3 is 6.03 Å². The summed E-state index contributed by atoms with van der Waals surface area (Å²) in [5.74, 6) is 0.412. The molecule has 6 nitrogen and oxygen atoms in total. The van der Waals surface area contributed by atoms with Crippen LogP contribution in [0.3, 0.4) is 0 Å². The summed E-state index contributed by atoms with van der Waals surface area (Å²) in [7, 11) is -1.35. The Morgan fingerprint density at radius 3 is 1.90 bits per heavy atom. The van der Waals surface area contributed by atoms with Crippen molar-refractivity contribution in [2.75, 3.05) is 11.6 Å². The average molecular weight is 433 g/mol. The van der Waals surface area contributed by atoms with E-state index in [9.17, 15) is 9.00 Å². The molecule has 0 bridgehead atoms. The van der Waals surface area contributed by atoms with Crippen LogP contribution >= 0.6 is 11.8 Å². The highest BCUT2D eigenvalue weighted by molar-refractivity contribution is 7.98. The van der Waals surface area contributed by atoms with E-state index in [2.05, 4.69) is 11.4 Å². The van der Waals surface area contributed by atoms with Crippen LogP contribution in [-0.2, 0) is 11.0 Å². The van der Waals surface area contributed by atoms with E-state index >= 15 is 0 Å². The smallest absolute Gasteiger partial charge is 0.316 e. The molecule has 0 heterocycles. The number of hydrogen-bond acceptors (Lipinski definition) is 4. The Morgan fingerprint density at radius 1 is 1.10 bits per heavy atom. The summed E-state index contributed by atoms with van der Waals surface area (Å²) in [4.78, 5) is 12.9. The van der Waals surface area contributed by atoms with Crippen LogP contribution in [0, 0.1) is 11.3 Å². The first kappa shape index (κ1) is 24.7. The molecule has 2 aromatic carbocycles. The molecule has 2 rings (SSSR count).